The number of halogens is 1. The zero-order chi connectivity index (χ0) is 24.3. The number of esters is 1. The summed E-state index contributed by atoms with van der Waals surface area (Å²) in [7, 11) is -2.90. The molecule has 1 aliphatic heterocycles. The van der Waals surface area contributed by atoms with E-state index in [9.17, 15) is 32.0 Å². The van der Waals surface area contributed by atoms with Crippen molar-refractivity contribution in [2.24, 2.45) is 0 Å². The molecule has 0 aliphatic carbocycles. The van der Waals surface area contributed by atoms with Crippen molar-refractivity contribution in [3.05, 3.63) is 71.6 Å². The van der Waals surface area contributed by atoms with Crippen LogP contribution < -0.4 is 10.0 Å². The topological polar surface area (TPSA) is 139 Å². The molecule has 10 nitrogen and oxygen atoms in total. The highest BCUT2D eigenvalue weighted by Crippen LogP contribution is 2.24. The van der Waals surface area contributed by atoms with Crippen LogP contribution in [0.5, 0.6) is 0 Å². The smallest absolute Gasteiger partial charge is 0.338 e. The number of anilines is 1. The van der Waals surface area contributed by atoms with Crippen LogP contribution in [-0.4, -0.2) is 57.2 Å². The number of fused-ring (bicyclic) bond motifs is 1. The summed E-state index contributed by atoms with van der Waals surface area (Å²) in [4.78, 5) is 48.5. The number of amides is 3. The number of imide groups is 1. The number of ether oxygens (including phenoxy) is 1. The van der Waals surface area contributed by atoms with Gasteiger partial charge in [0.15, 0.2) is 6.61 Å². The van der Waals surface area contributed by atoms with Gasteiger partial charge in [-0.05, 0) is 36.4 Å². The van der Waals surface area contributed by atoms with Crippen molar-refractivity contribution < 1.29 is 36.7 Å². The standard InChI is InChI=1S/C21H18FN3O7S/c1-3-8-23-33(30,31)17-9-12(4-7-16(17)22)21(29)32-11-18(26)24-13-5-6-14-15(10-13)20(28)25(2)19(14)27/h3-7,9-10,23H,1,8,11H2,2H3,(H,24,26). The minimum atomic E-state index is -4.24. The normalized spacial score (nSPS) is 13.0. The zero-order valence-corrected chi connectivity index (χ0v) is 18.1. The average molecular weight is 475 g/mol. The summed E-state index contributed by atoms with van der Waals surface area (Å²) < 4.78 is 45.2. The molecule has 0 aromatic heterocycles. The fourth-order valence-corrected chi connectivity index (χ4v) is 4.03. The summed E-state index contributed by atoms with van der Waals surface area (Å²) >= 11 is 0. The average Bonchev–Trinajstić information content (AvgIpc) is 3.00. The number of carbonyl (C=O) groups excluding carboxylic acids is 4. The van der Waals surface area contributed by atoms with Gasteiger partial charge in [-0.3, -0.25) is 19.3 Å². The summed E-state index contributed by atoms with van der Waals surface area (Å²) in [6.07, 6.45) is 1.26. The Bertz CT molecular complexity index is 1290. The van der Waals surface area contributed by atoms with Crippen molar-refractivity contribution in [1.82, 2.24) is 9.62 Å². The van der Waals surface area contributed by atoms with Crippen molar-refractivity contribution in [3.63, 3.8) is 0 Å². The third-order valence-corrected chi connectivity index (χ3v) is 6.02. The van der Waals surface area contributed by atoms with Crippen molar-refractivity contribution in [2.45, 2.75) is 4.90 Å². The second kappa shape index (κ2) is 9.30. The number of hydrogen-bond acceptors (Lipinski definition) is 7. The van der Waals surface area contributed by atoms with E-state index in [1.54, 1.807) is 0 Å². The predicted octanol–water partition coefficient (Wildman–Crippen LogP) is 1.31. The molecule has 0 bridgehead atoms. The maximum absolute atomic E-state index is 14.0. The Morgan fingerprint density at radius 1 is 1.12 bits per heavy atom. The van der Waals surface area contributed by atoms with Gasteiger partial charge in [0.2, 0.25) is 10.0 Å². The SMILES string of the molecule is C=CCNS(=O)(=O)c1cc(C(=O)OCC(=O)Nc2ccc3c(c2)C(=O)N(C)C3=O)ccc1F. The van der Waals surface area contributed by atoms with E-state index in [0.717, 1.165) is 23.1 Å². The van der Waals surface area contributed by atoms with Crippen LogP contribution in [0.4, 0.5) is 10.1 Å². The molecule has 3 amide bonds. The summed E-state index contributed by atoms with van der Waals surface area (Å²) in [6.45, 7) is 2.47. The molecule has 0 spiro atoms. The van der Waals surface area contributed by atoms with Gasteiger partial charge in [0.25, 0.3) is 17.7 Å². The second-order valence-electron chi connectivity index (χ2n) is 6.84. The van der Waals surface area contributed by atoms with Gasteiger partial charge in [-0.25, -0.2) is 22.3 Å². The Kier molecular flexibility index (Phi) is 6.70. The maximum Gasteiger partial charge on any atom is 0.338 e. The molecular formula is C21H18FN3O7S. The zero-order valence-electron chi connectivity index (χ0n) is 17.3. The maximum atomic E-state index is 14.0. The summed E-state index contributed by atoms with van der Waals surface area (Å²) in [5.41, 5.74) is 0.251. The number of rotatable bonds is 8. The molecule has 0 radical (unpaired) electrons. The van der Waals surface area contributed by atoms with E-state index in [0.29, 0.717) is 0 Å². The van der Waals surface area contributed by atoms with Crippen LogP contribution in [0.1, 0.15) is 31.1 Å². The van der Waals surface area contributed by atoms with E-state index in [1.165, 1.54) is 31.3 Å². The lowest BCUT2D eigenvalue weighted by Gasteiger charge is -2.09. The van der Waals surface area contributed by atoms with E-state index < -0.39 is 51.0 Å². The third-order valence-electron chi connectivity index (χ3n) is 4.58. The summed E-state index contributed by atoms with van der Waals surface area (Å²) in [5.74, 6) is -3.85. The minimum absolute atomic E-state index is 0.127. The molecule has 1 aliphatic rings. The van der Waals surface area contributed by atoms with Crippen LogP contribution in [0.15, 0.2) is 53.9 Å². The highest BCUT2D eigenvalue weighted by atomic mass is 32.2. The van der Waals surface area contributed by atoms with Crippen LogP contribution in [-0.2, 0) is 19.6 Å². The number of hydrogen-bond donors (Lipinski definition) is 2. The Morgan fingerprint density at radius 2 is 1.82 bits per heavy atom. The van der Waals surface area contributed by atoms with Gasteiger partial charge in [0.1, 0.15) is 10.7 Å². The number of nitrogens with one attached hydrogen (secondary N) is 2. The lowest BCUT2D eigenvalue weighted by Crippen LogP contribution is -2.25. The van der Waals surface area contributed by atoms with Crippen molar-refractivity contribution in [3.8, 4) is 0 Å². The van der Waals surface area contributed by atoms with Gasteiger partial charge in [0, 0.05) is 19.3 Å². The first-order valence-electron chi connectivity index (χ1n) is 9.38. The quantitative estimate of drug-likeness (QED) is 0.333. The molecule has 2 aromatic rings. The third kappa shape index (κ3) is 4.96. The van der Waals surface area contributed by atoms with Gasteiger partial charge < -0.3 is 10.1 Å². The molecule has 12 heteroatoms. The van der Waals surface area contributed by atoms with Gasteiger partial charge >= 0.3 is 5.97 Å². The Morgan fingerprint density at radius 3 is 2.52 bits per heavy atom. The largest absolute Gasteiger partial charge is 0.452 e. The summed E-state index contributed by atoms with van der Waals surface area (Å²) in [5, 5.41) is 2.42. The highest BCUT2D eigenvalue weighted by Gasteiger charge is 2.32. The Balaban J connectivity index is 1.65. The van der Waals surface area contributed by atoms with Crippen LogP contribution in [0, 0.1) is 5.82 Å². The molecule has 2 aromatic carbocycles. The molecule has 33 heavy (non-hydrogen) atoms. The first kappa shape index (κ1) is 23.8. The Labute approximate surface area is 188 Å². The molecule has 172 valence electrons. The number of sulfonamides is 1. The van der Waals surface area contributed by atoms with Crippen molar-refractivity contribution in [1.29, 1.82) is 0 Å². The van der Waals surface area contributed by atoms with Gasteiger partial charge in [-0.2, -0.15) is 0 Å². The number of carbonyl (C=O) groups is 4. The fourth-order valence-electron chi connectivity index (χ4n) is 2.93. The second-order valence-corrected chi connectivity index (χ2v) is 8.58. The number of nitrogens with zero attached hydrogens (tertiary/aromatic N) is 1. The molecular weight excluding hydrogens is 457 g/mol. The molecule has 2 N–H and O–H groups in total. The summed E-state index contributed by atoms with van der Waals surface area (Å²) in [6, 6.07) is 6.73. The van der Waals surface area contributed by atoms with Crippen LogP contribution in [0.3, 0.4) is 0 Å². The molecule has 3 rings (SSSR count). The predicted molar refractivity (Wildman–Crippen MR) is 114 cm³/mol. The first-order chi connectivity index (χ1) is 15.5. The van der Waals surface area contributed by atoms with E-state index in [1.807, 2.05) is 0 Å². The molecule has 0 atom stereocenters. The first-order valence-corrected chi connectivity index (χ1v) is 10.9. The monoisotopic (exact) mass is 475 g/mol. The van der Waals surface area contributed by atoms with E-state index in [2.05, 4.69) is 16.6 Å². The van der Waals surface area contributed by atoms with E-state index in [4.69, 9.17) is 4.74 Å². The van der Waals surface area contributed by atoms with Gasteiger partial charge in [-0.15, -0.1) is 6.58 Å². The van der Waals surface area contributed by atoms with Gasteiger partial charge in [-0.1, -0.05) is 6.08 Å². The van der Waals surface area contributed by atoms with E-state index >= 15 is 0 Å². The van der Waals surface area contributed by atoms with Crippen molar-refractivity contribution in [2.75, 3.05) is 25.5 Å². The van der Waals surface area contributed by atoms with Crippen LogP contribution in [0.2, 0.25) is 0 Å². The molecule has 1 heterocycles. The number of benzene rings is 2. The molecule has 0 saturated heterocycles. The minimum Gasteiger partial charge on any atom is -0.452 e. The van der Waals surface area contributed by atoms with Gasteiger partial charge in [0.05, 0.1) is 16.7 Å². The lowest BCUT2D eigenvalue weighted by molar-refractivity contribution is -0.119. The Hall–Kier alpha value is -3.90. The molecule has 0 fully saturated rings. The lowest BCUT2D eigenvalue weighted by atomic mass is 10.1. The van der Waals surface area contributed by atoms with Crippen LogP contribution >= 0.6 is 0 Å². The van der Waals surface area contributed by atoms with Crippen molar-refractivity contribution >= 4 is 39.4 Å². The highest BCUT2D eigenvalue weighted by molar-refractivity contribution is 7.89. The van der Waals surface area contributed by atoms with Crippen LogP contribution in [0.25, 0.3) is 0 Å². The molecule has 0 unspecified atom stereocenters. The molecule has 0 saturated carbocycles. The van der Waals surface area contributed by atoms with E-state index in [-0.39, 0.29) is 28.9 Å². The fraction of sp³-hybridized carbons (Fsp3) is 0.143.